The fourth-order valence-electron chi connectivity index (χ4n) is 1.00. The molecule has 2 nitrogen and oxygen atoms in total. The van der Waals surface area contributed by atoms with Crippen molar-refractivity contribution in [3.05, 3.63) is 6.92 Å². The van der Waals surface area contributed by atoms with Gasteiger partial charge in [0.25, 0.3) is 0 Å². The minimum absolute atomic E-state index is 0.0480. The number of rotatable bonds is 2. The quantitative estimate of drug-likeness (QED) is 0.621. The van der Waals surface area contributed by atoms with E-state index in [1.807, 2.05) is 20.8 Å². The van der Waals surface area contributed by atoms with E-state index in [4.69, 9.17) is 5.73 Å². The second kappa shape index (κ2) is 3.04. The van der Waals surface area contributed by atoms with E-state index < -0.39 is 0 Å². The summed E-state index contributed by atoms with van der Waals surface area (Å²) in [5.41, 5.74) is 5.11. The first-order chi connectivity index (χ1) is 4.39. The summed E-state index contributed by atoms with van der Waals surface area (Å²) in [7, 11) is 0. The van der Waals surface area contributed by atoms with Gasteiger partial charge in [0.05, 0.1) is 0 Å². The van der Waals surface area contributed by atoms with E-state index in [0.717, 1.165) is 0 Å². The zero-order valence-corrected chi connectivity index (χ0v) is 6.98. The van der Waals surface area contributed by atoms with Gasteiger partial charge >= 0.3 is 0 Å². The summed E-state index contributed by atoms with van der Waals surface area (Å²) in [4.78, 5) is 10.8. The molecule has 1 radical (unpaired) electrons. The van der Waals surface area contributed by atoms with Crippen molar-refractivity contribution in [1.29, 1.82) is 0 Å². The van der Waals surface area contributed by atoms with Crippen LogP contribution in [0.15, 0.2) is 0 Å². The van der Waals surface area contributed by atoms with Crippen LogP contribution < -0.4 is 5.73 Å². The molecule has 0 heterocycles. The number of hydrogen-bond donors (Lipinski definition) is 1. The van der Waals surface area contributed by atoms with Crippen LogP contribution in [0.4, 0.5) is 0 Å². The highest BCUT2D eigenvalue weighted by molar-refractivity contribution is 5.77. The van der Waals surface area contributed by atoms with Crippen LogP contribution in [0.25, 0.3) is 0 Å². The molecular weight excluding hydrogens is 126 g/mol. The molecule has 0 fully saturated rings. The maximum Gasteiger partial charge on any atom is 0.221 e. The van der Waals surface area contributed by atoms with Gasteiger partial charge in [-0.25, -0.2) is 0 Å². The number of hydrogen-bond acceptors (Lipinski definition) is 1. The SMILES string of the molecule is [CH2]CC(C(N)=O)C(C)(C)C. The highest BCUT2D eigenvalue weighted by atomic mass is 16.1. The van der Waals surface area contributed by atoms with Gasteiger partial charge in [-0.2, -0.15) is 0 Å². The van der Waals surface area contributed by atoms with Crippen molar-refractivity contribution in [1.82, 2.24) is 0 Å². The first-order valence-corrected chi connectivity index (χ1v) is 3.48. The molecule has 1 atom stereocenters. The molecule has 2 N–H and O–H groups in total. The average Bonchev–Trinajstić information content (AvgIpc) is 1.60. The van der Waals surface area contributed by atoms with Crippen molar-refractivity contribution in [3.8, 4) is 0 Å². The first-order valence-electron chi connectivity index (χ1n) is 3.48. The Morgan fingerprint density at radius 3 is 2.00 bits per heavy atom. The van der Waals surface area contributed by atoms with Gasteiger partial charge in [0, 0.05) is 5.92 Å². The van der Waals surface area contributed by atoms with Crippen LogP contribution in [-0.4, -0.2) is 5.91 Å². The number of nitrogens with two attached hydrogens (primary N) is 1. The zero-order valence-electron chi connectivity index (χ0n) is 6.98. The van der Waals surface area contributed by atoms with E-state index in [-0.39, 0.29) is 17.2 Å². The molecule has 0 aromatic rings. The lowest BCUT2D eigenvalue weighted by Gasteiger charge is -2.26. The van der Waals surface area contributed by atoms with Gasteiger partial charge in [-0.15, -0.1) is 0 Å². The monoisotopic (exact) mass is 142 g/mol. The molecule has 0 aliphatic carbocycles. The number of carbonyl (C=O) groups excluding carboxylic acids is 1. The largest absolute Gasteiger partial charge is 0.369 e. The van der Waals surface area contributed by atoms with E-state index in [2.05, 4.69) is 6.92 Å². The van der Waals surface area contributed by atoms with Crippen molar-refractivity contribution in [3.63, 3.8) is 0 Å². The molecule has 0 aromatic heterocycles. The lowest BCUT2D eigenvalue weighted by atomic mass is 9.79. The summed E-state index contributed by atoms with van der Waals surface area (Å²) in [6.45, 7) is 9.65. The van der Waals surface area contributed by atoms with Crippen LogP contribution in [0.3, 0.4) is 0 Å². The Labute approximate surface area is 62.8 Å². The molecule has 59 valence electrons. The molecule has 0 rings (SSSR count). The van der Waals surface area contributed by atoms with Crippen LogP contribution in [-0.2, 0) is 4.79 Å². The summed E-state index contributed by atoms with van der Waals surface area (Å²) in [6.07, 6.45) is 0.582. The highest BCUT2D eigenvalue weighted by Gasteiger charge is 2.27. The molecule has 0 saturated carbocycles. The summed E-state index contributed by atoms with van der Waals surface area (Å²) in [5, 5.41) is 0. The second-order valence-corrected chi connectivity index (χ2v) is 3.61. The van der Waals surface area contributed by atoms with Crippen LogP contribution >= 0.6 is 0 Å². The van der Waals surface area contributed by atoms with Crippen molar-refractivity contribution >= 4 is 5.91 Å². The molecule has 0 spiro atoms. The van der Waals surface area contributed by atoms with Gasteiger partial charge in [-0.05, 0) is 11.8 Å². The third-order valence-corrected chi connectivity index (χ3v) is 1.68. The second-order valence-electron chi connectivity index (χ2n) is 3.61. The predicted octanol–water partition coefficient (Wildman–Crippen LogP) is 1.36. The highest BCUT2D eigenvalue weighted by Crippen LogP contribution is 2.27. The van der Waals surface area contributed by atoms with Gasteiger partial charge in [-0.3, -0.25) is 4.79 Å². The van der Waals surface area contributed by atoms with E-state index in [1.54, 1.807) is 0 Å². The molecule has 0 aliphatic heterocycles. The van der Waals surface area contributed by atoms with Crippen LogP contribution in [0.1, 0.15) is 27.2 Å². The van der Waals surface area contributed by atoms with Gasteiger partial charge in [0.15, 0.2) is 0 Å². The normalized spacial score (nSPS) is 14.8. The van der Waals surface area contributed by atoms with Crippen molar-refractivity contribution in [2.75, 3.05) is 0 Å². The molecule has 0 aromatic carbocycles. The zero-order chi connectivity index (χ0) is 8.36. The maximum absolute atomic E-state index is 10.8. The fourth-order valence-corrected chi connectivity index (χ4v) is 1.00. The molecule has 1 amide bonds. The number of primary amides is 1. The standard InChI is InChI=1S/C8H16NO/c1-5-6(7(9)10)8(2,3)4/h6H,1,5H2,2-4H3,(H2,9,10). The third kappa shape index (κ3) is 2.38. The fraction of sp³-hybridized carbons (Fsp3) is 0.750. The van der Waals surface area contributed by atoms with E-state index in [0.29, 0.717) is 6.42 Å². The molecule has 0 aliphatic rings. The molecule has 0 bridgehead atoms. The van der Waals surface area contributed by atoms with Gasteiger partial charge in [0.1, 0.15) is 0 Å². The molecule has 2 heteroatoms. The summed E-state index contributed by atoms with van der Waals surface area (Å²) >= 11 is 0. The summed E-state index contributed by atoms with van der Waals surface area (Å²) in [6, 6.07) is 0. The summed E-state index contributed by atoms with van der Waals surface area (Å²) in [5.74, 6) is -0.352. The summed E-state index contributed by atoms with van der Waals surface area (Å²) < 4.78 is 0. The molecular formula is C8H16NO. The Balaban J connectivity index is 4.22. The predicted molar refractivity (Wildman–Crippen MR) is 42.1 cm³/mol. The topological polar surface area (TPSA) is 43.1 Å². The van der Waals surface area contributed by atoms with E-state index >= 15 is 0 Å². The minimum atomic E-state index is -0.248. The Bertz CT molecular complexity index is 124. The average molecular weight is 142 g/mol. The lowest BCUT2D eigenvalue weighted by molar-refractivity contribution is -0.124. The van der Waals surface area contributed by atoms with Crippen molar-refractivity contribution < 1.29 is 4.79 Å². The number of carbonyl (C=O) groups is 1. The van der Waals surface area contributed by atoms with Crippen molar-refractivity contribution in [2.45, 2.75) is 27.2 Å². The smallest absolute Gasteiger partial charge is 0.221 e. The Hall–Kier alpha value is -0.530. The van der Waals surface area contributed by atoms with Gasteiger partial charge < -0.3 is 5.73 Å². The third-order valence-electron chi connectivity index (χ3n) is 1.68. The number of amides is 1. The lowest BCUT2D eigenvalue weighted by Crippen LogP contribution is -2.33. The van der Waals surface area contributed by atoms with Crippen LogP contribution in [0.2, 0.25) is 0 Å². The van der Waals surface area contributed by atoms with Gasteiger partial charge in [0.2, 0.25) is 5.91 Å². The Morgan fingerprint density at radius 1 is 1.60 bits per heavy atom. The minimum Gasteiger partial charge on any atom is -0.369 e. The maximum atomic E-state index is 10.8. The Morgan fingerprint density at radius 2 is 2.00 bits per heavy atom. The molecule has 10 heavy (non-hydrogen) atoms. The first kappa shape index (κ1) is 9.47. The van der Waals surface area contributed by atoms with E-state index in [1.165, 1.54) is 0 Å². The molecule has 0 saturated heterocycles. The molecule has 1 unspecified atom stereocenters. The van der Waals surface area contributed by atoms with Gasteiger partial charge in [-0.1, -0.05) is 27.7 Å². The Kier molecular flexibility index (Phi) is 2.88. The van der Waals surface area contributed by atoms with Crippen LogP contribution in [0.5, 0.6) is 0 Å². The van der Waals surface area contributed by atoms with Crippen LogP contribution in [0, 0.1) is 18.3 Å². The van der Waals surface area contributed by atoms with Crippen molar-refractivity contribution in [2.24, 2.45) is 17.1 Å². The van der Waals surface area contributed by atoms with E-state index in [9.17, 15) is 4.79 Å².